The molecule has 2 rings (SSSR count). The van der Waals surface area contributed by atoms with E-state index in [-0.39, 0.29) is 0 Å². The van der Waals surface area contributed by atoms with Crippen LogP contribution >= 0.6 is 0 Å². The van der Waals surface area contributed by atoms with Crippen LogP contribution in [0.25, 0.3) is 0 Å². The highest BCUT2D eigenvalue weighted by Crippen LogP contribution is 2.25. The minimum absolute atomic E-state index is 0.516. The molecule has 0 saturated carbocycles. The third-order valence-electron chi connectivity index (χ3n) is 2.75. The van der Waals surface area contributed by atoms with E-state index in [2.05, 4.69) is 14.9 Å². The van der Waals surface area contributed by atoms with Gasteiger partial charge in [0.05, 0.1) is 0 Å². The maximum atomic E-state index is 13.8. The van der Waals surface area contributed by atoms with Gasteiger partial charge in [0.15, 0.2) is 0 Å². The molecule has 0 radical (unpaired) electrons. The van der Waals surface area contributed by atoms with Crippen molar-refractivity contribution >= 4 is 0 Å². The fraction of sp³-hybridized carbons (Fsp3) is 0.636. The average molecular weight is 209 g/mol. The Morgan fingerprint density at radius 1 is 1.47 bits per heavy atom. The lowest BCUT2D eigenvalue weighted by molar-refractivity contribution is 0.0562. The summed E-state index contributed by atoms with van der Waals surface area (Å²) in [5, 5.41) is 0. The molecular weight excluding hydrogens is 193 g/mol. The van der Waals surface area contributed by atoms with Crippen LogP contribution in [-0.2, 0) is 6.54 Å². The van der Waals surface area contributed by atoms with E-state index in [4.69, 9.17) is 0 Å². The minimum Gasteiger partial charge on any atom is -0.296 e. The Labute approximate surface area is 89.3 Å². The Bertz CT molecular complexity index is 313. The van der Waals surface area contributed by atoms with Crippen LogP contribution in [-0.4, -0.2) is 33.6 Å². The van der Waals surface area contributed by atoms with Gasteiger partial charge in [-0.15, -0.1) is 0 Å². The standard InChI is InChI=1S/C11H16FN3/c1-11(12)3-2-4-15(8-11)7-10-5-13-9-14-6-10/h5-6,9H,2-4,7-8H2,1H3/t11-/m1/s1. The number of halogens is 1. The first-order chi connectivity index (χ1) is 7.16. The number of hydrogen-bond acceptors (Lipinski definition) is 3. The Hall–Kier alpha value is -1.03. The van der Waals surface area contributed by atoms with Crippen molar-refractivity contribution in [2.45, 2.75) is 32.0 Å². The van der Waals surface area contributed by atoms with Crippen molar-refractivity contribution in [3.05, 3.63) is 24.3 Å². The number of rotatable bonds is 2. The van der Waals surface area contributed by atoms with Crippen LogP contribution in [0.2, 0.25) is 0 Å². The lowest BCUT2D eigenvalue weighted by Crippen LogP contribution is -2.42. The summed E-state index contributed by atoms with van der Waals surface area (Å²) in [6, 6.07) is 0. The van der Waals surface area contributed by atoms with E-state index in [9.17, 15) is 4.39 Å². The molecule has 0 N–H and O–H groups in total. The largest absolute Gasteiger partial charge is 0.296 e. The zero-order valence-electron chi connectivity index (χ0n) is 8.99. The van der Waals surface area contributed by atoms with Crippen LogP contribution in [0.5, 0.6) is 0 Å². The van der Waals surface area contributed by atoms with Crippen molar-refractivity contribution in [2.75, 3.05) is 13.1 Å². The lowest BCUT2D eigenvalue weighted by atomic mass is 9.97. The molecule has 1 fully saturated rings. The number of likely N-dealkylation sites (tertiary alicyclic amines) is 1. The number of piperidine rings is 1. The summed E-state index contributed by atoms with van der Waals surface area (Å²) in [7, 11) is 0. The first-order valence-electron chi connectivity index (χ1n) is 5.31. The highest BCUT2D eigenvalue weighted by Gasteiger charge is 2.30. The summed E-state index contributed by atoms with van der Waals surface area (Å²) in [4.78, 5) is 10.0. The van der Waals surface area contributed by atoms with Gasteiger partial charge in [0.2, 0.25) is 0 Å². The van der Waals surface area contributed by atoms with Gasteiger partial charge in [-0.2, -0.15) is 0 Å². The number of nitrogens with zero attached hydrogens (tertiary/aromatic N) is 3. The molecule has 0 unspecified atom stereocenters. The highest BCUT2D eigenvalue weighted by molar-refractivity contribution is 5.02. The molecule has 1 aliphatic rings. The van der Waals surface area contributed by atoms with Gasteiger partial charge in [-0.05, 0) is 26.3 Å². The first-order valence-corrected chi connectivity index (χ1v) is 5.31. The van der Waals surface area contributed by atoms with Crippen LogP contribution < -0.4 is 0 Å². The van der Waals surface area contributed by atoms with Crippen molar-refractivity contribution in [2.24, 2.45) is 0 Å². The molecule has 82 valence electrons. The van der Waals surface area contributed by atoms with E-state index in [1.54, 1.807) is 19.3 Å². The summed E-state index contributed by atoms with van der Waals surface area (Å²) in [5.74, 6) is 0. The van der Waals surface area contributed by atoms with E-state index >= 15 is 0 Å². The SMILES string of the molecule is C[C@@]1(F)CCCN(Cc2cncnc2)C1. The third kappa shape index (κ3) is 2.96. The second-order valence-corrected chi connectivity index (χ2v) is 4.47. The smallest absolute Gasteiger partial charge is 0.120 e. The first kappa shape index (κ1) is 10.5. The predicted octanol–water partition coefficient (Wildman–Crippen LogP) is 1.80. The monoisotopic (exact) mass is 209 g/mol. The van der Waals surface area contributed by atoms with Gasteiger partial charge in [0, 0.05) is 31.0 Å². The number of alkyl halides is 1. The fourth-order valence-corrected chi connectivity index (χ4v) is 2.10. The molecule has 1 atom stereocenters. The Kier molecular flexibility index (Phi) is 2.95. The second-order valence-electron chi connectivity index (χ2n) is 4.47. The Morgan fingerprint density at radius 2 is 2.20 bits per heavy atom. The van der Waals surface area contributed by atoms with E-state index < -0.39 is 5.67 Å². The average Bonchev–Trinajstić information content (AvgIpc) is 2.17. The van der Waals surface area contributed by atoms with Gasteiger partial charge in [-0.1, -0.05) is 0 Å². The maximum Gasteiger partial charge on any atom is 0.120 e. The van der Waals surface area contributed by atoms with Crippen LogP contribution in [0, 0.1) is 0 Å². The summed E-state index contributed by atoms with van der Waals surface area (Å²) in [5.41, 5.74) is 0.0173. The fourth-order valence-electron chi connectivity index (χ4n) is 2.10. The van der Waals surface area contributed by atoms with Gasteiger partial charge in [0.25, 0.3) is 0 Å². The topological polar surface area (TPSA) is 29.0 Å². The highest BCUT2D eigenvalue weighted by atomic mass is 19.1. The summed E-state index contributed by atoms with van der Waals surface area (Å²) >= 11 is 0. The molecule has 0 aromatic carbocycles. The zero-order chi connectivity index (χ0) is 10.7. The molecule has 0 aliphatic carbocycles. The van der Waals surface area contributed by atoms with Crippen molar-refractivity contribution in [1.82, 2.24) is 14.9 Å². The van der Waals surface area contributed by atoms with Gasteiger partial charge < -0.3 is 0 Å². The summed E-state index contributed by atoms with van der Waals surface area (Å²) in [6.07, 6.45) is 6.70. The van der Waals surface area contributed by atoms with E-state index in [0.717, 1.165) is 25.1 Å². The van der Waals surface area contributed by atoms with Crippen LogP contribution in [0.4, 0.5) is 4.39 Å². The van der Waals surface area contributed by atoms with E-state index in [0.29, 0.717) is 13.0 Å². The quantitative estimate of drug-likeness (QED) is 0.743. The number of aromatic nitrogens is 2. The molecule has 0 spiro atoms. The van der Waals surface area contributed by atoms with Gasteiger partial charge in [-0.3, -0.25) is 4.90 Å². The minimum atomic E-state index is -1.03. The van der Waals surface area contributed by atoms with Crippen molar-refractivity contribution in [1.29, 1.82) is 0 Å². The van der Waals surface area contributed by atoms with E-state index in [1.807, 2.05) is 0 Å². The van der Waals surface area contributed by atoms with Gasteiger partial charge in [-0.25, -0.2) is 14.4 Å². The molecule has 1 saturated heterocycles. The van der Waals surface area contributed by atoms with Crippen LogP contribution in [0.3, 0.4) is 0 Å². The van der Waals surface area contributed by atoms with Crippen LogP contribution in [0.1, 0.15) is 25.3 Å². The van der Waals surface area contributed by atoms with Crippen LogP contribution in [0.15, 0.2) is 18.7 Å². The molecule has 1 aromatic rings. The predicted molar refractivity (Wildman–Crippen MR) is 56.1 cm³/mol. The van der Waals surface area contributed by atoms with E-state index in [1.165, 1.54) is 6.33 Å². The molecule has 1 aliphatic heterocycles. The molecule has 0 bridgehead atoms. The molecule has 2 heterocycles. The van der Waals surface area contributed by atoms with Gasteiger partial charge in [0.1, 0.15) is 12.0 Å². The molecule has 4 heteroatoms. The van der Waals surface area contributed by atoms with Crippen molar-refractivity contribution < 1.29 is 4.39 Å². The molecular formula is C11H16FN3. The van der Waals surface area contributed by atoms with Crippen molar-refractivity contribution in [3.63, 3.8) is 0 Å². The molecule has 0 amide bonds. The Balaban J connectivity index is 1.95. The van der Waals surface area contributed by atoms with Gasteiger partial charge >= 0.3 is 0 Å². The molecule has 3 nitrogen and oxygen atoms in total. The summed E-state index contributed by atoms with van der Waals surface area (Å²) in [6.45, 7) is 3.91. The number of hydrogen-bond donors (Lipinski definition) is 0. The second kappa shape index (κ2) is 4.23. The zero-order valence-corrected chi connectivity index (χ0v) is 8.99. The lowest BCUT2D eigenvalue weighted by Gasteiger charge is -2.34. The maximum absolute atomic E-state index is 13.8. The summed E-state index contributed by atoms with van der Waals surface area (Å²) < 4.78 is 13.8. The molecule has 1 aromatic heterocycles. The molecule has 15 heavy (non-hydrogen) atoms. The third-order valence-corrected chi connectivity index (χ3v) is 2.75. The Morgan fingerprint density at radius 3 is 2.87 bits per heavy atom. The normalized spacial score (nSPS) is 27.9. The van der Waals surface area contributed by atoms with Crippen molar-refractivity contribution in [3.8, 4) is 0 Å².